The molecule has 2 heterocycles. The number of halogens is 1. The summed E-state index contributed by atoms with van der Waals surface area (Å²) in [6, 6.07) is 2.01. The molecule has 0 saturated carbocycles. The number of aromatic nitrogens is 1. The van der Waals surface area contributed by atoms with Gasteiger partial charge in [0.15, 0.2) is 5.84 Å². The van der Waals surface area contributed by atoms with Crippen molar-refractivity contribution < 1.29 is 5.21 Å². The quantitative estimate of drug-likeness (QED) is 0.375. The Morgan fingerprint density at radius 1 is 1.72 bits per heavy atom. The average molecular weight is 287 g/mol. The highest BCUT2D eigenvalue weighted by Gasteiger charge is 2.23. The van der Waals surface area contributed by atoms with Crippen LogP contribution in [0.25, 0.3) is 0 Å². The van der Waals surface area contributed by atoms with Crippen LogP contribution in [-0.4, -0.2) is 40.1 Å². The Labute approximate surface area is 115 Å². The lowest BCUT2D eigenvalue weighted by molar-refractivity contribution is 0.318. The van der Waals surface area contributed by atoms with Gasteiger partial charge in [-0.2, -0.15) is 11.8 Å². The number of nitrogens with zero attached hydrogens (tertiary/aromatic N) is 3. The Bertz CT molecular complexity index is 468. The van der Waals surface area contributed by atoms with Crippen LogP contribution in [-0.2, 0) is 0 Å². The molecule has 0 amide bonds. The van der Waals surface area contributed by atoms with Crippen molar-refractivity contribution in [3.63, 3.8) is 0 Å². The Balaban J connectivity index is 2.39. The Hall–Kier alpha value is -1.14. The normalized spacial score (nSPS) is 21.1. The van der Waals surface area contributed by atoms with Gasteiger partial charge in [0.05, 0.1) is 5.02 Å². The second-order valence-corrected chi connectivity index (χ2v) is 5.63. The number of oxime groups is 1. The van der Waals surface area contributed by atoms with Crippen molar-refractivity contribution in [3.05, 3.63) is 22.8 Å². The average Bonchev–Trinajstić information content (AvgIpc) is 2.39. The van der Waals surface area contributed by atoms with Crippen LogP contribution in [0.2, 0.25) is 5.02 Å². The third kappa shape index (κ3) is 2.49. The van der Waals surface area contributed by atoms with Crippen molar-refractivity contribution in [2.45, 2.75) is 13.0 Å². The van der Waals surface area contributed by atoms with Gasteiger partial charge < -0.3 is 15.8 Å². The van der Waals surface area contributed by atoms with E-state index in [-0.39, 0.29) is 5.84 Å². The van der Waals surface area contributed by atoms with E-state index in [4.69, 9.17) is 22.5 Å². The second-order valence-electron chi connectivity index (χ2n) is 4.10. The Morgan fingerprint density at radius 2 is 2.50 bits per heavy atom. The van der Waals surface area contributed by atoms with Gasteiger partial charge in [-0.1, -0.05) is 16.8 Å². The summed E-state index contributed by atoms with van der Waals surface area (Å²) in [6.07, 6.45) is 1.63. The van der Waals surface area contributed by atoms with Crippen molar-refractivity contribution in [1.29, 1.82) is 0 Å². The van der Waals surface area contributed by atoms with Crippen LogP contribution in [0.5, 0.6) is 0 Å². The molecule has 5 nitrogen and oxygen atoms in total. The zero-order chi connectivity index (χ0) is 13.1. The van der Waals surface area contributed by atoms with E-state index in [1.54, 1.807) is 12.3 Å². The Kier molecular flexibility index (Phi) is 4.19. The van der Waals surface area contributed by atoms with Crippen LogP contribution < -0.4 is 10.6 Å². The molecule has 0 radical (unpaired) electrons. The van der Waals surface area contributed by atoms with E-state index >= 15 is 0 Å². The summed E-state index contributed by atoms with van der Waals surface area (Å²) in [5.74, 6) is 2.80. The van der Waals surface area contributed by atoms with E-state index in [0.717, 1.165) is 18.1 Å². The van der Waals surface area contributed by atoms with Crippen LogP contribution >= 0.6 is 23.4 Å². The highest BCUT2D eigenvalue weighted by atomic mass is 35.5. The maximum atomic E-state index is 8.73. The molecule has 0 aromatic carbocycles. The number of anilines is 1. The van der Waals surface area contributed by atoms with Crippen LogP contribution in [0.1, 0.15) is 12.5 Å². The minimum atomic E-state index is 0.00249. The molecular weight excluding hydrogens is 272 g/mol. The first kappa shape index (κ1) is 13.3. The minimum absolute atomic E-state index is 0.00249. The smallest absolute Gasteiger partial charge is 0.171 e. The lowest BCUT2D eigenvalue weighted by atomic mass is 10.2. The van der Waals surface area contributed by atoms with E-state index in [0.29, 0.717) is 22.4 Å². The second kappa shape index (κ2) is 5.67. The highest BCUT2D eigenvalue weighted by molar-refractivity contribution is 7.99. The van der Waals surface area contributed by atoms with Gasteiger partial charge in [-0.3, -0.25) is 0 Å². The third-order valence-electron chi connectivity index (χ3n) is 2.89. The number of nitrogens with two attached hydrogens (primary N) is 1. The van der Waals surface area contributed by atoms with E-state index in [2.05, 4.69) is 22.0 Å². The molecule has 0 bridgehead atoms. The predicted octanol–water partition coefficient (Wildman–Crippen LogP) is 1.77. The summed E-state index contributed by atoms with van der Waals surface area (Å²) in [5, 5.41) is 12.2. The van der Waals surface area contributed by atoms with Crippen molar-refractivity contribution in [2.24, 2.45) is 10.9 Å². The zero-order valence-electron chi connectivity index (χ0n) is 10.0. The van der Waals surface area contributed by atoms with Crippen LogP contribution in [0.4, 0.5) is 5.82 Å². The standard InChI is InChI=1S/C11H15ClN4OS/c1-7-6-18-5-4-16(7)11-9(12)8(2-3-14-11)10(13)15-17/h2-3,7,17H,4-6H2,1H3,(H2,13,15). The van der Waals surface area contributed by atoms with Gasteiger partial charge in [0.25, 0.3) is 0 Å². The fourth-order valence-corrected chi connectivity index (χ4v) is 3.26. The van der Waals surface area contributed by atoms with Gasteiger partial charge in [0.1, 0.15) is 5.82 Å². The number of hydrogen-bond donors (Lipinski definition) is 2. The molecule has 7 heteroatoms. The third-order valence-corrected chi connectivity index (χ3v) is 4.46. The largest absolute Gasteiger partial charge is 0.409 e. The van der Waals surface area contributed by atoms with Gasteiger partial charge in [-0.15, -0.1) is 0 Å². The molecule has 1 fully saturated rings. The molecule has 1 aliphatic rings. The van der Waals surface area contributed by atoms with Crippen molar-refractivity contribution in [2.75, 3.05) is 23.0 Å². The van der Waals surface area contributed by atoms with Gasteiger partial charge >= 0.3 is 0 Å². The molecule has 1 aliphatic heterocycles. The molecule has 18 heavy (non-hydrogen) atoms. The van der Waals surface area contributed by atoms with E-state index < -0.39 is 0 Å². The summed E-state index contributed by atoms with van der Waals surface area (Å²) in [5.41, 5.74) is 6.10. The molecule has 1 atom stereocenters. The van der Waals surface area contributed by atoms with Gasteiger partial charge in [-0.25, -0.2) is 4.98 Å². The fraction of sp³-hybridized carbons (Fsp3) is 0.455. The number of rotatable bonds is 2. The summed E-state index contributed by atoms with van der Waals surface area (Å²) in [7, 11) is 0. The molecule has 0 aliphatic carbocycles. The molecule has 1 aromatic heterocycles. The number of thioether (sulfide) groups is 1. The zero-order valence-corrected chi connectivity index (χ0v) is 11.6. The van der Waals surface area contributed by atoms with Crippen molar-refractivity contribution in [1.82, 2.24) is 4.98 Å². The molecular formula is C11H15ClN4OS. The van der Waals surface area contributed by atoms with E-state index in [1.165, 1.54) is 0 Å². The topological polar surface area (TPSA) is 74.7 Å². The van der Waals surface area contributed by atoms with Crippen LogP contribution in [0, 0.1) is 0 Å². The first-order valence-electron chi connectivity index (χ1n) is 5.62. The summed E-state index contributed by atoms with van der Waals surface area (Å²) < 4.78 is 0. The number of hydrogen-bond acceptors (Lipinski definition) is 5. The first-order valence-corrected chi connectivity index (χ1v) is 7.15. The molecule has 1 aromatic rings. The molecule has 2 rings (SSSR count). The molecule has 1 saturated heterocycles. The highest BCUT2D eigenvalue weighted by Crippen LogP contribution is 2.30. The first-order chi connectivity index (χ1) is 8.65. The molecule has 0 spiro atoms. The van der Waals surface area contributed by atoms with Crippen LogP contribution in [0.3, 0.4) is 0 Å². The molecule has 98 valence electrons. The number of amidine groups is 1. The lowest BCUT2D eigenvalue weighted by Gasteiger charge is -2.34. The monoisotopic (exact) mass is 286 g/mol. The minimum Gasteiger partial charge on any atom is -0.409 e. The van der Waals surface area contributed by atoms with Gasteiger partial charge in [-0.05, 0) is 13.0 Å². The molecule has 1 unspecified atom stereocenters. The number of pyridine rings is 1. The summed E-state index contributed by atoms with van der Waals surface area (Å²) >= 11 is 8.22. The SMILES string of the molecule is CC1CSCCN1c1nccc(/C(N)=N/O)c1Cl. The van der Waals surface area contributed by atoms with Gasteiger partial charge in [0.2, 0.25) is 0 Å². The summed E-state index contributed by atoms with van der Waals surface area (Å²) in [4.78, 5) is 6.48. The predicted molar refractivity (Wildman–Crippen MR) is 75.9 cm³/mol. The van der Waals surface area contributed by atoms with E-state index in [9.17, 15) is 0 Å². The van der Waals surface area contributed by atoms with Crippen molar-refractivity contribution >= 4 is 35.0 Å². The lowest BCUT2D eigenvalue weighted by Crippen LogP contribution is -2.41. The maximum absolute atomic E-state index is 8.73. The van der Waals surface area contributed by atoms with Gasteiger partial charge in [0, 0.05) is 35.9 Å². The van der Waals surface area contributed by atoms with Crippen LogP contribution in [0.15, 0.2) is 17.4 Å². The maximum Gasteiger partial charge on any atom is 0.171 e. The Morgan fingerprint density at radius 3 is 3.17 bits per heavy atom. The fourth-order valence-electron chi connectivity index (χ4n) is 1.93. The van der Waals surface area contributed by atoms with E-state index in [1.807, 2.05) is 11.8 Å². The molecule has 3 N–H and O–H groups in total. The van der Waals surface area contributed by atoms with Crippen molar-refractivity contribution in [3.8, 4) is 0 Å². The summed E-state index contributed by atoms with van der Waals surface area (Å²) in [6.45, 7) is 3.04.